The van der Waals surface area contributed by atoms with Gasteiger partial charge in [0.15, 0.2) is 0 Å². The maximum atomic E-state index is 12.9. The number of quaternary nitrogens is 1. The lowest BCUT2D eigenvalue weighted by molar-refractivity contribution is -0.914. The van der Waals surface area contributed by atoms with Gasteiger partial charge in [0.05, 0.1) is 39.0 Å². The number of nitrogens with one attached hydrogen (secondary N) is 1. The fourth-order valence-corrected chi connectivity index (χ4v) is 4.64. The Morgan fingerprint density at radius 1 is 1.00 bits per heavy atom. The first kappa shape index (κ1) is 21.1. The third-order valence-electron chi connectivity index (χ3n) is 6.35. The zero-order valence-electron chi connectivity index (χ0n) is 18.5. The number of benzene rings is 3. The maximum absolute atomic E-state index is 12.9. The standard InChI is InChI=1S/C27H26N2O4/c1-32-25-10-6-5-9-23(25)29-13-11-28(12-14-29)18-20-15-27(31)33-26-17-21(24(30)16-22(20)26)19-7-3-2-4-8-19/h2-10,15-17,30H,11-14,18H2,1H3. The Morgan fingerprint density at radius 2 is 1.73 bits per heavy atom. The van der Waals surface area contributed by atoms with E-state index in [1.807, 2.05) is 48.5 Å². The molecule has 33 heavy (non-hydrogen) atoms. The minimum absolute atomic E-state index is 0.0696. The van der Waals surface area contributed by atoms with Crippen LogP contribution in [0.5, 0.6) is 11.5 Å². The summed E-state index contributed by atoms with van der Waals surface area (Å²) in [4.78, 5) is 16.0. The molecule has 5 rings (SSSR count). The van der Waals surface area contributed by atoms with Crippen molar-refractivity contribution in [1.29, 1.82) is 0 Å². The molecule has 0 radical (unpaired) electrons. The zero-order chi connectivity index (χ0) is 22.8. The second-order valence-corrected chi connectivity index (χ2v) is 8.39. The highest BCUT2D eigenvalue weighted by atomic mass is 16.5. The molecule has 6 nitrogen and oxygen atoms in total. The fourth-order valence-electron chi connectivity index (χ4n) is 4.64. The Morgan fingerprint density at radius 3 is 2.48 bits per heavy atom. The van der Waals surface area contributed by atoms with Crippen LogP contribution < -0.4 is 25.3 Å². The van der Waals surface area contributed by atoms with Gasteiger partial charge in [0.1, 0.15) is 17.9 Å². The molecule has 168 valence electrons. The highest BCUT2D eigenvalue weighted by Gasteiger charge is 2.23. The summed E-state index contributed by atoms with van der Waals surface area (Å²) in [5.41, 5.74) is 3.40. The van der Waals surface area contributed by atoms with Crippen molar-refractivity contribution in [1.82, 2.24) is 0 Å². The molecule has 2 heterocycles. The number of nitrogens with zero attached hydrogens (tertiary/aromatic N) is 1. The molecule has 1 fully saturated rings. The highest BCUT2D eigenvalue weighted by Crippen LogP contribution is 2.32. The van der Waals surface area contributed by atoms with Crippen LogP contribution in [0.1, 0.15) is 5.56 Å². The molecule has 1 aromatic heterocycles. The minimum Gasteiger partial charge on any atom is -0.872 e. The lowest BCUT2D eigenvalue weighted by Crippen LogP contribution is -3.13. The third-order valence-corrected chi connectivity index (χ3v) is 6.35. The molecule has 0 saturated carbocycles. The summed E-state index contributed by atoms with van der Waals surface area (Å²) in [5.74, 6) is 0.810. The van der Waals surface area contributed by atoms with Crippen LogP contribution >= 0.6 is 0 Å². The number of para-hydroxylation sites is 2. The molecule has 4 aromatic rings. The SMILES string of the molecule is COc1ccccc1N1CC[NH+](Cc2cc(=O)oc3cc(-c4ccccc4)c([O-])cc23)CC1. The number of hydrogen-bond donors (Lipinski definition) is 1. The quantitative estimate of drug-likeness (QED) is 0.481. The van der Waals surface area contributed by atoms with E-state index in [9.17, 15) is 9.90 Å². The van der Waals surface area contributed by atoms with Crippen molar-refractivity contribution in [3.05, 3.63) is 88.8 Å². The van der Waals surface area contributed by atoms with E-state index in [4.69, 9.17) is 9.15 Å². The number of rotatable bonds is 5. The summed E-state index contributed by atoms with van der Waals surface area (Å²) in [6, 6.07) is 22.4. The van der Waals surface area contributed by atoms with Crippen LogP contribution in [-0.4, -0.2) is 33.3 Å². The van der Waals surface area contributed by atoms with Gasteiger partial charge in [-0.3, -0.25) is 0 Å². The van der Waals surface area contributed by atoms with Crippen LogP contribution in [0.4, 0.5) is 5.69 Å². The topological polar surface area (TPSA) is 70.2 Å². The molecule has 0 atom stereocenters. The van der Waals surface area contributed by atoms with Gasteiger partial charge < -0.3 is 24.1 Å². The predicted octanol–water partition coefficient (Wildman–Crippen LogP) is 2.45. The molecular formula is C27H26N2O4. The van der Waals surface area contributed by atoms with Crippen LogP contribution in [0.2, 0.25) is 0 Å². The number of anilines is 1. The van der Waals surface area contributed by atoms with Gasteiger partial charge in [0, 0.05) is 17.0 Å². The summed E-state index contributed by atoms with van der Waals surface area (Å²) >= 11 is 0. The number of methoxy groups -OCH3 is 1. The van der Waals surface area contributed by atoms with Crippen molar-refractivity contribution in [2.75, 3.05) is 38.2 Å². The van der Waals surface area contributed by atoms with E-state index in [1.54, 1.807) is 19.2 Å². The zero-order valence-corrected chi connectivity index (χ0v) is 18.5. The minimum atomic E-state index is -0.387. The number of ether oxygens (including phenoxy) is 1. The van der Waals surface area contributed by atoms with Gasteiger partial charge in [-0.1, -0.05) is 48.5 Å². The van der Waals surface area contributed by atoms with Gasteiger partial charge in [-0.15, -0.1) is 5.75 Å². The Hall–Kier alpha value is -3.77. The average Bonchev–Trinajstić information content (AvgIpc) is 2.85. The second-order valence-electron chi connectivity index (χ2n) is 8.39. The van der Waals surface area contributed by atoms with Crippen LogP contribution in [0.25, 0.3) is 22.1 Å². The normalized spacial score (nSPS) is 14.5. The predicted molar refractivity (Wildman–Crippen MR) is 127 cm³/mol. The monoisotopic (exact) mass is 442 g/mol. The van der Waals surface area contributed by atoms with E-state index in [1.165, 1.54) is 11.0 Å². The van der Waals surface area contributed by atoms with E-state index in [2.05, 4.69) is 11.0 Å². The molecule has 6 heteroatoms. The molecule has 1 aliphatic rings. The molecular weight excluding hydrogens is 416 g/mol. The Kier molecular flexibility index (Phi) is 5.75. The number of piperazine rings is 1. The summed E-state index contributed by atoms with van der Waals surface area (Å²) in [6.45, 7) is 4.30. The first-order valence-electron chi connectivity index (χ1n) is 11.2. The van der Waals surface area contributed by atoms with E-state index >= 15 is 0 Å². The van der Waals surface area contributed by atoms with Gasteiger partial charge in [-0.2, -0.15) is 0 Å². The largest absolute Gasteiger partial charge is 0.872 e. The van der Waals surface area contributed by atoms with Gasteiger partial charge in [-0.05, 0) is 29.3 Å². The van der Waals surface area contributed by atoms with Crippen LogP contribution in [-0.2, 0) is 6.54 Å². The summed E-state index contributed by atoms with van der Waals surface area (Å²) in [7, 11) is 1.69. The van der Waals surface area contributed by atoms with Crippen molar-refractivity contribution in [3.8, 4) is 22.6 Å². The third kappa shape index (κ3) is 4.30. The van der Waals surface area contributed by atoms with Gasteiger partial charge in [-0.25, -0.2) is 4.79 Å². The molecule has 0 amide bonds. The average molecular weight is 443 g/mol. The molecule has 1 saturated heterocycles. The van der Waals surface area contributed by atoms with Crippen LogP contribution in [0.3, 0.4) is 0 Å². The van der Waals surface area contributed by atoms with Crippen LogP contribution in [0, 0.1) is 0 Å². The summed E-state index contributed by atoms with van der Waals surface area (Å²) in [6.07, 6.45) is 0. The first-order chi connectivity index (χ1) is 16.1. The van der Waals surface area contributed by atoms with Crippen molar-refractivity contribution in [3.63, 3.8) is 0 Å². The van der Waals surface area contributed by atoms with Crippen molar-refractivity contribution in [2.45, 2.75) is 6.54 Å². The summed E-state index contributed by atoms with van der Waals surface area (Å²) in [5, 5.41) is 13.6. The van der Waals surface area contributed by atoms with E-state index in [-0.39, 0.29) is 11.4 Å². The van der Waals surface area contributed by atoms with E-state index in [0.29, 0.717) is 17.7 Å². The van der Waals surface area contributed by atoms with Crippen molar-refractivity contribution < 1.29 is 19.2 Å². The van der Waals surface area contributed by atoms with Gasteiger partial charge >= 0.3 is 5.63 Å². The number of fused-ring (bicyclic) bond motifs is 1. The molecule has 0 unspecified atom stereocenters. The second kappa shape index (κ2) is 9.00. The molecule has 3 aromatic carbocycles. The molecule has 1 N–H and O–H groups in total. The molecule has 0 spiro atoms. The lowest BCUT2D eigenvalue weighted by atomic mass is 10.0. The van der Waals surface area contributed by atoms with Crippen molar-refractivity contribution in [2.24, 2.45) is 0 Å². The summed E-state index contributed by atoms with van der Waals surface area (Å²) < 4.78 is 11.0. The Balaban J connectivity index is 1.38. The highest BCUT2D eigenvalue weighted by molar-refractivity contribution is 5.88. The first-order valence-corrected chi connectivity index (χ1v) is 11.2. The molecule has 1 aliphatic heterocycles. The Labute approximate surface area is 192 Å². The van der Waals surface area contributed by atoms with Gasteiger partial charge in [0.2, 0.25) is 0 Å². The smallest absolute Gasteiger partial charge is 0.336 e. The van der Waals surface area contributed by atoms with Crippen molar-refractivity contribution >= 4 is 16.7 Å². The van der Waals surface area contributed by atoms with Crippen LogP contribution in [0.15, 0.2) is 82.0 Å². The van der Waals surface area contributed by atoms with Gasteiger partial charge in [0.25, 0.3) is 0 Å². The lowest BCUT2D eigenvalue weighted by Gasteiger charge is -2.34. The number of hydrogen-bond acceptors (Lipinski definition) is 5. The fraction of sp³-hybridized carbons (Fsp3) is 0.222. The maximum Gasteiger partial charge on any atom is 0.336 e. The molecule has 0 aliphatic carbocycles. The Bertz CT molecular complexity index is 1330. The molecule has 0 bridgehead atoms. The van der Waals surface area contributed by atoms with E-state index in [0.717, 1.165) is 54.1 Å². The van der Waals surface area contributed by atoms with E-state index < -0.39 is 0 Å².